The van der Waals surface area contributed by atoms with Gasteiger partial charge in [-0.05, 0) is 44.0 Å². The number of hydrogen-bond donors (Lipinski definition) is 1. The zero-order valence-corrected chi connectivity index (χ0v) is 10.4. The second-order valence-electron chi connectivity index (χ2n) is 4.73. The van der Waals surface area contributed by atoms with E-state index in [1.54, 1.807) is 13.8 Å². The summed E-state index contributed by atoms with van der Waals surface area (Å²) < 4.78 is 35.8. The minimum absolute atomic E-state index is 0.00764. The third-order valence-electron chi connectivity index (χ3n) is 2.02. The first-order valence-corrected chi connectivity index (χ1v) is 6.75. The molecule has 1 aromatic rings. The molecule has 0 aliphatic heterocycles. The number of halogens is 1. The van der Waals surface area contributed by atoms with Crippen LogP contribution in [0.1, 0.15) is 19.4 Å². The molecule has 90 valence electrons. The van der Waals surface area contributed by atoms with Crippen LogP contribution in [0.2, 0.25) is 0 Å². The lowest BCUT2D eigenvalue weighted by molar-refractivity contribution is 0.513. The van der Waals surface area contributed by atoms with Crippen LogP contribution in [0.4, 0.5) is 4.39 Å². The predicted molar refractivity (Wildman–Crippen MR) is 61.5 cm³/mol. The Kier molecular flexibility index (Phi) is 3.40. The Balaban J connectivity index is 3.19. The molecule has 0 amide bonds. The van der Waals surface area contributed by atoms with Gasteiger partial charge in [0, 0.05) is 11.8 Å². The first-order chi connectivity index (χ1) is 7.08. The van der Waals surface area contributed by atoms with Gasteiger partial charge in [0.15, 0.2) is 9.84 Å². The van der Waals surface area contributed by atoms with Gasteiger partial charge in [-0.25, -0.2) is 12.8 Å². The first-order valence-electron chi connectivity index (χ1n) is 4.86. The summed E-state index contributed by atoms with van der Waals surface area (Å²) in [6, 6.07) is 3.79. The van der Waals surface area contributed by atoms with Crippen LogP contribution in [-0.2, 0) is 16.3 Å². The smallest absolute Gasteiger partial charge is 0.175 e. The number of rotatable bonds is 3. The molecule has 0 fully saturated rings. The van der Waals surface area contributed by atoms with Crippen LogP contribution >= 0.6 is 0 Å². The van der Waals surface area contributed by atoms with Gasteiger partial charge in [0.25, 0.3) is 0 Å². The predicted octanol–water partition coefficient (Wildman–Crippen LogP) is 1.51. The molecule has 0 aliphatic rings. The molecule has 0 unspecified atom stereocenters. The molecule has 0 bridgehead atoms. The minimum Gasteiger partial charge on any atom is -0.325 e. The quantitative estimate of drug-likeness (QED) is 0.878. The average molecular weight is 245 g/mol. The van der Waals surface area contributed by atoms with E-state index in [1.165, 1.54) is 12.1 Å². The van der Waals surface area contributed by atoms with Gasteiger partial charge in [-0.2, -0.15) is 0 Å². The molecule has 0 saturated heterocycles. The van der Waals surface area contributed by atoms with Gasteiger partial charge in [-0.3, -0.25) is 0 Å². The summed E-state index contributed by atoms with van der Waals surface area (Å²) in [5, 5.41) is 0. The van der Waals surface area contributed by atoms with E-state index in [0.29, 0.717) is 12.0 Å². The highest BCUT2D eigenvalue weighted by molar-refractivity contribution is 7.90. The molecule has 1 aromatic carbocycles. The van der Waals surface area contributed by atoms with Crippen molar-refractivity contribution >= 4 is 9.84 Å². The highest BCUT2D eigenvalue weighted by atomic mass is 32.2. The molecule has 16 heavy (non-hydrogen) atoms. The molecule has 0 spiro atoms. The van der Waals surface area contributed by atoms with Crippen molar-refractivity contribution in [2.75, 3.05) is 6.26 Å². The lowest BCUT2D eigenvalue weighted by Crippen LogP contribution is -2.34. The Morgan fingerprint density at radius 3 is 2.31 bits per heavy atom. The summed E-state index contributed by atoms with van der Waals surface area (Å²) in [5.41, 5.74) is 5.90. The van der Waals surface area contributed by atoms with Crippen LogP contribution < -0.4 is 5.73 Å². The van der Waals surface area contributed by atoms with Crippen molar-refractivity contribution in [3.05, 3.63) is 29.6 Å². The summed E-state index contributed by atoms with van der Waals surface area (Å²) in [4.78, 5) is -0.00764. The molecule has 0 atom stereocenters. The Hall–Kier alpha value is -0.940. The van der Waals surface area contributed by atoms with Crippen molar-refractivity contribution in [2.24, 2.45) is 5.73 Å². The molecular formula is C11H16FNO2S. The number of sulfone groups is 1. The highest BCUT2D eigenvalue weighted by Gasteiger charge is 2.15. The zero-order valence-electron chi connectivity index (χ0n) is 9.62. The van der Waals surface area contributed by atoms with Crippen LogP contribution in [-0.4, -0.2) is 20.2 Å². The van der Waals surface area contributed by atoms with Gasteiger partial charge in [-0.1, -0.05) is 0 Å². The van der Waals surface area contributed by atoms with Gasteiger partial charge in [-0.15, -0.1) is 0 Å². The molecule has 0 aromatic heterocycles. The van der Waals surface area contributed by atoms with Gasteiger partial charge < -0.3 is 5.73 Å². The van der Waals surface area contributed by atoms with Crippen LogP contribution in [0.25, 0.3) is 0 Å². The molecule has 5 heteroatoms. The van der Waals surface area contributed by atoms with E-state index >= 15 is 0 Å². The molecular weight excluding hydrogens is 229 g/mol. The fourth-order valence-corrected chi connectivity index (χ4v) is 2.16. The third kappa shape index (κ3) is 3.90. The summed E-state index contributed by atoms with van der Waals surface area (Å²) in [7, 11) is -3.38. The van der Waals surface area contributed by atoms with Crippen molar-refractivity contribution < 1.29 is 12.8 Å². The number of nitrogens with two attached hydrogens (primary N) is 1. The largest absolute Gasteiger partial charge is 0.325 e. The maximum absolute atomic E-state index is 13.2. The SMILES string of the molecule is CC(C)(N)Cc1cc(F)cc(S(C)(=O)=O)c1. The van der Waals surface area contributed by atoms with E-state index in [2.05, 4.69) is 0 Å². The van der Waals surface area contributed by atoms with E-state index in [4.69, 9.17) is 5.73 Å². The van der Waals surface area contributed by atoms with Crippen LogP contribution in [0, 0.1) is 5.82 Å². The molecule has 2 N–H and O–H groups in total. The van der Waals surface area contributed by atoms with E-state index in [1.807, 2.05) is 0 Å². The summed E-state index contributed by atoms with van der Waals surface area (Å²) in [6.07, 6.45) is 1.48. The Morgan fingerprint density at radius 2 is 1.88 bits per heavy atom. The van der Waals surface area contributed by atoms with Crippen molar-refractivity contribution in [3.63, 3.8) is 0 Å². The number of benzene rings is 1. The fourth-order valence-electron chi connectivity index (χ4n) is 1.46. The Labute approximate surface area is 95.4 Å². The first kappa shape index (κ1) is 13.1. The van der Waals surface area contributed by atoms with Crippen LogP contribution in [0.3, 0.4) is 0 Å². The lowest BCUT2D eigenvalue weighted by atomic mass is 9.96. The van der Waals surface area contributed by atoms with Crippen molar-refractivity contribution in [3.8, 4) is 0 Å². The molecule has 0 radical (unpaired) electrons. The molecule has 0 aliphatic carbocycles. The third-order valence-corrected chi connectivity index (χ3v) is 3.11. The lowest BCUT2D eigenvalue weighted by Gasteiger charge is -2.18. The van der Waals surface area contributed by atoms with Crippen LogP contribution in [0.5, 0.6) is 0 Å². The second kappa shape index (κ2) is 4.14. The van der Waals surface area contributed by atoms with E-state index in [9.17, 15) is 12.8 Å². The maximum atomic E-state index is 13.2. The Bertz CT molecular complexity index is 489. The molecule has 1 rings (SSSR count). The van der Waals surface area contributed by atoms with E-state index in [0.717, 1.165) is 12.3 Å². The van der Waals surface area contributed by atoms with E-state index in [-0.39, 0.29) is 4.90 Å². The van der Waals surface area contributed by atoms with Crippen molar-refractivity contribution in [2.45, 2.75) is 30.7 Å². The maximum Gasteiger partial charge on any atom is 0.175 e. The average Bonchev–Trinajstić information content (AvgIpc) is 1.97. The van der Waals surface area contributed by atoms with Gasteiger partial charge in [0.1, 0.15) is 5.82 Å². The summed E-state index contributed by atoms with van der Waals surface area (Å²) >= 11 is 0. The van der Waals surface area contributed by atoms with Crippen molar-refractivity contribution in [1.29, 1.82) is 0 Å². The van der Waals surface area contributed by atoms with E-state index < -0.39 is 21.2 Å². The van der Waals surface area contributed by atoms with Crippen LogP contribution in [0.15, 0.2) is 23.1 Å². The minimum atomic E-state index is -3.38. The standard InChI is InChI=1S/C11H16FNO2S/c1-11(2,13)7-8-4-9(12)6-10(5-8)16(3,14)15/h4-6H,7,13H2,1-3H3. The van der Waals surface area contributed by atoms with Gasteiger partial charge in [0.05, 0.1) is 4.90 Å². The topological polar surface area (TPSA) is 60.2 Å². The monoisotopic (exact) mass is 245 g/mol. The fraction of sp³-hybridized carbons (Fsp3) is 0.455. The summed E-state index contributed by atoms with van der Waals surface area (Å²) in [5.74, 6) is -0.554. The molecule has 0 saturated carbocycles. The van der Waals surface area contributed by atoms with Crippen molar-refractivity contribution in [1.82, 2.24) is 0 Å². The summed E-state index contributed by atoms with van der Waals surface area (Å²) in [6.45, 7) is 3.61. The molecule has 3 nitrogen and oxygen atoms in total. The van der Waals surface area contributed by atoms with Gasteiger partial charge in [0.2, 0.25) is 0 Å². The number of hydrogen-bond acceptors (Lipinski definition) is 3. The van der Waals surface area contributed by atoms with Gasteiger partial charge >= 0.3 is 0 Å². The Morgan fingerprint density at radius 1 is 1.31 bits per heavy atom. The zero-order chi connectivity index (χ0) is 12.6. The highest BCUT2D eigenvalue weighted by Crippen LogP contribution is 2.17. The molecule has 0 heterocycles. The normalized spacial score (nSPS) is 12.8. The second-order valence-corrected chi connectivity index (χ2v) is 6.75.